The number of rotatable bonds is 1. The molecule has 14 heavy (non-hydrogen) atoms. The van der Waals surface area contributed by atoms with Gasteiger partial charge in [-0.1, -0.05) is 42.5 Å². The first-order valence-corrected chi connectivity index (χ1v) is 5.67. The summed E-state index contributed by atoms with van der Waals surface area (Å²) < 4.78 is 0. The van der Waals surface area contributed by atoms with Crippen LogP contribution in [0.3, 0.4) is 0 Å². The second kappa shape index (κ2) is 3.27. The van der Waals surface area contributed by atoms with Crippen LogP contribution in [0.1, 0.15) is 30.7 Å². The molecule has 0 radical (unpaired) electrons. The van der Waals surface area contributed by atoms with E-state index in [1.807, 2.05) is 0 Å². The number of benzene rings is 1. The lowest BCUT2D eigenvalue weighted by Gasteiger charge is -2.45. The Hall–Kier alpha value is -1.04. The van der Waals surface area contributed by atoms with Gasteiger partial charge in [0.2, 0.25) is 0 Å². The van der Waals surface area contributed by atoms with Crippen LogP contribution in [0.2, 0.25) is 0 Å². The first kappa shape index (κ1) is 8.28. The Kier molecular flexibility index (Phi) is 1.93. The summed E-state index contributed by atoms with van der Waals surface area (Å²) in [5, 5.41) is 0. The Bertz CT molecular complexity index is 336. The number of hydrogen-bond donors (Lipinski definition) is 0. The van der Waals surface area contributed by atoms with Gasteiger partial charge in [0, 0.05) is 0 Å². The molecular formula is C14H16. The fraction of sp³-hybridized carbons (Fsp3) is 0.429. The average molecular weight is 184 g/mol. The van der Waals surface area contributed by atoms with Crippen molar-refractivity contribution >= 4 is 0 Å². The van der Waals surface area contributed by atoms with Crippen LogP contribution in [0.25, 0.3) is 0 Å². The third kappa shape index (κ3) is 1.21. The van der Waals surface area contributed by atoms with Crippen molar-refractivity contribution < 1.29 is 0 Å². The Morgan fingerprint density at radius 2 is 1.93 bits per heavy atom. The van der Waals surface area contributed by atoms with Gasteiger partial charge in [-0.2, -0.15) is 0 Å². The Labute approximate surface area is 85.6 Å². The van der Waals surface area contributed by atoms with Gasteiger partial charge in [0.15, 0.2) is 0 Å². The zero-order valence-electron chi connectivity index (χ0n) is 8.39. The van der Waals surface area contributed by atoms with Crippen LogP contribution in [-0.4, -0.2) is 0 Å². The van der Waals surface area contributed by atoms with Crippen LogP contribution < -0.4 is 0 Å². The molecule has 0 aromatic heterocycles. The van der Waals surface area contributed by atoms with E-state index >= 15 is 0 Å². The lowest BCUT2D eigenvalue weighted by Crippen LogP contribution is -2.34. The number of fused-ring (bicyclic) bond motifs is 1. The van der Waals surface area contributed by atoms with Gasteiger partial charge >= 0.3 is 0 Å². The monoisotopic (exact) mass is 184 g/mol. The lowest BCUT2D eigenvalue weighted by atomic mass is 9.59. The minimum atomic E-state index is 0.817. The molecule has 1 fully saturated rings. The predicted molar refractivity (Wildman–Crippen MR) is 59.2 cm³/mol. The summed E-state index contributed by atoms with van der Waals surface area (Å²) in [5.41, 5.74) is 1.54. The molecule has 3 rings (SSSR count). The van der Waals surface area contributed by atoms with E-state index < -0.39 is 0 Å². The standard InChI is InChI=1S/C14H16/c1-2-6-11(7-3-1)14-10-12-8-4-5-9-13(12)14/h1-3,5-7,9,12-14H,4,8,10H2/t12-,13-,14-/m0/s1. The molecule has 72 valence electrons. The van der Waals surface area contributed by atoms with Crippen LogP contribution in [0.4, 0.5) is 0 Å². The molecule has 1 saturated carbocycles. The van der Waals surface area contributed by atoms with Crippen LogP contribution in [0.15, 0.2) is 42.5 Å². The summed E-state index contributed by atoms with van der Waals surface area (Å²) in [7, 11) is 0. The van der Waals surface area contributed by atoms with Gasteiger partial charge in [0.25, 0.3) is 0 Å². The van der Waals surface area contributed by atoms with Crippen molar-refractivity contribution in [1.29, 1.82) is 0 Å². The smallest absolute Gasteiger partial charge is 0.00935 e. The first-order valence-electron chi connectivity index (χ1n) is 5.67. The fourth-order valence-electron chi connectivity index (χ4n) is 3.00. The Morgan fingerprint density at radius 3 is 2.71 bits per heavy atom. The van der Waals surface area contributed by atoms with E-state index in [1.165, 1.54) is 19.3 Å². The van der Waals surface area contributed by atoms with Crippen LogP contribution >= 0.6 is 0 Å². The quantitative estimate of drug-likeness (QED) is 0.583. The van der Waals surface area contributed by atoms with Crippen LogP contribution in [0, 0.1) is 11.8 Å². The summed E-state index contributed by atoms with van der Waals surface area (Å²) in [4.78, 5) is 0. The van der Waals surface area contributed by atoms with Gasteiger partial charge in [0.05, 0.1) is 0 Å². The van der Waals surface area contributed by atoms with Crippen molar-refractivity contribution in [3.8, 4) is 0 Å². The molecule has 0 spiro atoms. The SMILES string of the molecule is C1=C[C@H]2[C@@H](CC1)C[C@H]2c1ccccc1. The summed E-state index contributed by atoms with van der Waals surface area (Å²) in [6, 6.07) is 11.0. The second-order valence-corrected chi connectivity index (χ2v) is 4.60. The molecular weight excluding hydrogens is 168 g/mol. The van der Waals surface area contributed by atoms with Crippen LogP contribution in [-0.2, 0) is 0 Å². The van der Waals surface area contributed by atoms with Crippen LogP contribution in [0.5, 0.6) is 0 Å². The summed E-state index contributed by atoms with van der Waals surface area (Å²) >= 11 is 0. The highest BCUT2D eigenvalue weighted by Crippen LogP contribution is 2.51. The molecule has 0 N–H and O–H groups in total. The maximum Gasteiger partial charge on any atom is -0.00935 e. The Balaban J connectivity index is 1.83. The molecule has 0 heteroatoms. The molecule has 0 amide bonds. The largest absolute Gasteiger partial charge is 0.0882 e. The van der Waals surface area contributed by atoms with Gasteiger partial charge in [0.1, 0.15) is 0 Å². The zero-order valence-corrected chi connectivity index (χ0v) is 8.39. The highest BCUT2D eigenvalue weighted by molar-refractivity contribution is 5.26. The molecule has 2 aliphatic carbocycles. The minimum Gasteiger partial charge on any atom is -0.0882 e. The normalized spacial score (nSPS) is 34.7. The number of hydrogen-bond acceptors (Lipinski definition) is 0. The zero-order chi connectivity index (χ0) is 9.38. The number of allylic oxidation sites excluding steroid dienone is 2. The van der Waals surface area contributed by atoms with E-state index in [4.69, 9.17) is 0 Å². The average Bonchev–Trinajstić information content (AvgIpc) is 2.22. The van der Waals surface area contributed by atoms with E-state index in [2.05, 4.69) is 42.5 Å². The highest BCUT2D eigenvalue weighted by Gasteiger charge is 2.40. The third-order valence-electron chi connectivity index (χ3n) is 3.86. The van der Waals surface area contributed by atoms with Gasteiger partial charge in [-0.05, 0) is 42.6 Å². The predicted octanol–water partition coefficient (Wildman–Crippen LogP) is 3.76. The summed E-state index contributed by atoms with van der Waals surface area (Å²) in [6.07, 6.45) is 8.97. The van der Waals surface area contributed by atoms with E-state index in [0.717, 1.165) is 17.8 Å². The topological polar surface area (TPSA) is 0 Å². The first-order chi connectivity index (χ1) is 6.95. The maximum absolute atomic E-state index is 2.45. The molecule has 1 aromatic rings. The fourth-order valence-corrected chi connectivity index (χ4v) is 3.00. The molecule has 0 aliphatic heterocycles. The second-order valence-electron chi connectivity index (χ2n) is 4.60. The molecule has 0 saturated heterocycles. The van der Waals surface area contributed by atoms with E-state index in [9.17, 15) is 0 Å². The van der Waals surface area contributed by atoms with Gasteiger partial charge in [-0.15, -0.1) is 0 Å². The lowest BCUT2D eigenvalue weighted by molar-refractivity contribution is 0.159. The molecule has 3 atom stereocenters. The maximum atomic E-state index is 2.45. The third-order valence-corrected chi connectivity index (χ3v) is 3.86. The van der Waals surface area contributed by atoms with Gasteiger partial charge in [-0.3, -0.25) is 0 Å². The molecule has 1 aromatic carbocycles. The molecule has 0 bridgehead atoms. The summed E-state index contributed by atoms with van der Waals surface area (Å²) in [6.45, 7) is 0. The van der Waals surface area contributed by atoms with Crippen molar-refractivity contribution in [2.24, 2.45) is 11.8 Å². The minimum absolute atomic E-state index is 0.817. The van der Waals surface area contributed by atoms with E-state index in [0.29, 0.717) is 0 Å². The van der Waals surface area contributed by atoms with Crippen molar-refractivity contribution in [2.45, 2.75) is 25.2 Å². The van der Waals surface area contributed by atoms with E-state index in [1.54, 1.807) is 5.56 Å². The molecule has 0 heterocycles. The van der Waals surface area contributed by atoms with Crippen molar-refractivity contribution in [3.05, 3.63) is 48.0 Å². The molecule has 2 aliphatic rings. The van der Waals surface area contributed by atoms with Crippen molar-refractivity contribution in [1.82, 2.24) is 0 Å². The van der Waals surface area contributed by atoms with Gasteiger partial charge < -0.3 is 0 Å². The Morgan fingerprint density at radius 1 is 1.07 bits per heavy atom. The van der Waals surface area contributed by atoms with Crippen molar-refractivity contribution in [3.63, 3.8) is 0 Å². The summed E-state index contributed by atoms with van der Waals surface area (Å²) in [5.74, 6) is 2.66. The molecule has 0 unspecified atom stereocenters. The van der Waals surface area contributed by atoms with Gasteiger partial charge in [-0.25, -0.2) is 0 Å². The van der Waals surface area contributed by atoms with Crippen molar-refractivity contribution in [2.75, 3.05) is 0 Å². The van der Waals surface area contributed by atoms with E-state index in [-0.39, 0.29) is 0 Å². The highest BCUT2D eigenvalue weighted by atomic mass is 14.4. The molecule has 0 nitrogen and oxygen atoms in total.